The highest BCUT2D eigenvalue weighted by atomic mass is 19.1. The maximum atomic E-state index is 13.0. The molecule has 20 heavy (non-hydrogen) atoms. The third kappa shape index (κ3) is 2.97. The maximum absolute atomic E-state index is 13.0. The van der Waals surface area contributed by atoms with Gasteiger partial charge in [0.1, 0.15) is 11.6 Å². The Labute approximate surface area is 113 Å². The van der Waals surface area contributed by atoms with E-state index in [1.165, 1.54) is 24.3 Å². The average Bonchev–Trinajstić information content (AvgIpc) is 2.42. The summed E-state index contributed by atoms with van der Waals surface area (Å²) in [5, 5.41) is 20.0. The quantitative estimate of drug-likeness (QED) is 0.528. The summed E-state index contributed by atoms with van der Waals surface area (Å²) in [5.74, 6) is -1.37. The second-order valence-electron chi connectivity index (χ2n) is 4.18. The first-order chi connectivity index (χ1) is 9.47. The number of phenols is 1. The molecule has 2 aromatic rings. The highest BCUT2D eigenvalue weighted by Gasteiger charge is 2.13. The third-order valence-electron chi connectivity index (χ3n) is 2.77. The highest BCUT2D eigenvalue weighted by molar-refractivity contribution is 5.99. The van der Waals surface area contributed by atoms with Crippen molar-refractivity contribution >= 4 is 11.5 Å². The second kappa shape index (κ2) is 5.48. The van der Waals surface area contributed by atoms with Gasteiger partial charge < -0.3 is 5.11 Å². The molecule has 5 nitrogen and oxygen atoms in total. The van der Waals surface area contributed by atoms with Crippen LogP contribution in [-0.4, -0.2) is 15.8 Å². The molecule has 0 fully saturated rings. The number of ketones is 1. The van der Waals surface area contributed by atoms with Crippen LogP contribution in [0.5, 0.6) is 5.75 Å². The summed E-state index contributed by atoms with van der Waals surface area (Å²) in [6.45, 7) is 0. The number of carbonyl (C=O) groups is 1. The van der Waals surface area contributed by atoms with E-state index in [4.69, 9.17) is 0 Å². The van der Waals surface area contributed by atoms with E-state index >= 15 is 0 Å². The summed E-state index contributed by atoms with van der Waals surface area (Å²) in [5.41, 5.74) is 0.363. The van der Waals surface area contributed by atoms with Crippen molar-refractivity contribution < 1.29 is 19.2 Å². The predicted octanol–water partition coefficient (Wildman–Crippen LogP) is 2.86. The molecule has 0 saturated heterocycles. The zero-order valence-corrected chi connectivity index (χ0v) is 10.2. The zero-order valence-electron chi connectivity index (χ0n) is 10.2. The molecule has 0 aliphatic rings. The monoisotopic (exact) mass is 275 g/mol. The Hall–Kier alpha value is -2.76. The van der Waals surface area contributed by atoms with Gasteiger partial charge in [-0.15, -0.1) is 0 Å². The number of carbonyl (C=O) groups excluding carboxylic acids is 1. The lowest BCUT2D eigenvalue weighted by molar-refractivity contribution is -0.384. The Kier molecular flexibility index (Phi) is 3.74. The predicted molar refractivity (Wildman–Crippen MR) is 69.2 cm³/mol. The highest BCUT2D eigenvalue weighted by Crippen LogP contribution is 2.20. The largest absolute Gasteiger partial charge is 0.507 e. The van der Waals surface area contributed by atoms with Gasteiger partial charge in [-0.05, 0) is 23.8 Å². The molecule has 0 aromatic heterocycles. The van der Waals surface area contributed by atoms with Crippen LogP contribution in [0, 0.1) is 15.9 Å². The number of nitro groups is 1. The van der Waals surface area contributed by atoms with Crippen LogP contribution in [0.15, 0.2) is 42.5 Å². The van der Waals surface area contributed by atoms with E-state index in [0.29, 0.717) is 5.56 Å². The summed E-state index contributed by atoms with van der Waals surface area (Å²) in [7, 11) is 0. The van der Waals surface area contributed by atoms with E-state index in [9.17, 15) is 24.4 Å². The molecule has 0 radical (unpaired) electrons. The summed E-state index contributed by atoms with van der Waals surface area (Å²) in [6, 6.07) is 8.60. The minimum atomic E-state index is -0.616. The summed E-state index contributed by atoms with van der Waals surface area (Å²) >= 11 is 0. The Balaban J connectivity index is 2.19. The first-order valence-electron chi connectivity index (χ1n) is 5.72. The molecule has 6 heteroatoms. The van der Waals surface area contributed by atoms with Crippen LogP contribution in [0.3, 0.4) is 0 Å². The molecule has 1 N–H and O–H groups in total. The first-order valence-corrected chi connectivity index (χ1v) is 5.72. The number of aromatic hydroxyl groups is 1. The van der Waals surface area contributed by atoms with Gasteiger partial charge >= 0.3 is 0 Å². The smallest absolute Gasteiger partial charge is 0.269 e. The number of nitro benzene ring substituents is 1. The van der Waals surface area contributed by atoms with E-state index in [2.05, 4.69) is 0 Å². The third-order valence-corrected chi connectivity index (χ3v) is 2.77. The van der Waals surface area contributed by atoms with Gasteiger partial charge in [-0.2, -0.15) is 0 Å². The van der Waals surface area contributed by atoms with E-state index in [0.717, 1.165) is 18.2 Å². The topological polar surface area (TPSA) is 80.4 Å². The molecule has 0 spiro atoms. The lowest BCUT2D eigenvalue weighted by Crippen LogP contribution is -2.04. The Morgan fingerprint density at radius 3 is 2.45 bits per heavy atom. The fourth-order valence-electron chi connectivity index (χ4n) is 1.75. The molecule has 0 amide bonds. The molecule has 0 heterocycles. The van der Waals surface area contributed by atoms with Gasteiger partial charge in [-0.25, -0.2) is 4.39 Å². The van der Waals surface area contributed by atoms with Crippen LogP contribution in [0.4, 0.5) is 10.1 Å². The summed E-state index contributed by atoms with van der Waals surface area (Å²) in [4.78, 5) is 21.9. The lowest BCUT2D eigenvalue weighted by atomic mass is 10.0. The second-order valence-corrected chi connectivity index (χ2v) is 4.18. The standard InChI is InChI=1S/C14H10FNO4/c15-10-3-6-13(17)12(8-10)14(18)7-9-1-4-11(5-2-9)16(19)20/h1-6,8,17H,7H2. The van der Waals surface area contributed by atoms with Crippen molar-refractivity contribution in [3.05, 3.63) is 69.5 Å². The van der Waals surface area contributed by atoms with Gasteiger partial charge in [0.15, 0.2) is 5.78 Å². The molecule has 0 bridgehead atoms. The number of rotatable bonds is 4. The molecule has 0 atom stereocenters. The molecule has 2 aromatic carbocycles. The number of hydrogen-bond donors (Lipinski definition) is 1. The van der Waals surface area contributed by atoms with Crippen molar-refractivity contribution in [2.75, 3.05) is 0 Å². The Morgan fingerprint density at radius 2 is 1.85 bits per heavy atom. The fourth-order valence-corrected chi connectivity index (χ4v) is 1.75. The Bertz CT molecular complexity index is 667. The molecule has 0 saturated carbocycles. The number of Topliss-reactive ketones (excluding diaryl/α,β-unsaturated/α-hetero) is 1. The molecular formula is C14H10FNO4. The van der Waals surface area contributed by atoms with Crippen molar-refractivity contribution in [2.24, 2.45) is 0 Å². The van der Waals surface area contributed by atoms with Crippen molar-refractivity contribution in [3.63, 3.8) is 0 Å². The van der Waals surface area contributed by atoms with Crippen molar-refractivity contribution in [2.45, 2.75) is 6.42 Å². The van der Waals surface area contributed by atoms with Crippen molar-refractivity contribution in [1.29, 1.82) is 0 Å². The summed E-state index contributed by atoms with van der Waals surface area (Å²) in [6.07, 6.45) is -0.0744. The number of non-ortho nitro benzene ring substituents is 1. The minimum absolute atomic E-state index is 0.0743. The number of phenolic OH excluding ortho intramolecular Hbond substituents is 1. The summed E-state index contributed by atoms with van der Waals surface area (Å²) < 4.78 is 13.0. The zero-order chi connectivity index (χ0) is 14.7. The van der Waals surface area contributed by atoms with E-state index in [-0.39, 0.29) is 23.4 Å². The van der Waals surface area contributed by atoms with Crippen molar-refractivity contribution in [1.82, 2.24) is 0 Å². The van der Waals surface area contributed by atoms with Crippen LogP contribution >= 0.6 is 0 Å². The molecule has 0 aliphatic heterocycles. The molecule has 2 rings (SSSR count). The molecular weight excluding hydrogens is 265 g/mol. The minimum Gasteiger partial charge on any atom is -0.507 e. The van der Waals surface area contributed by atoms with Gasteiger partial charge in [0.25, 0.3) is 5.69 Å². The van der Waals surface area contributed by atoms with Crippen LogP contribution in [0.2, 0.25) is 0 Å². The normalized spacial score (nSPS) is 10.2. The number of hydrogen-bond acceptors (Lipinski definition) is 4. The first kappa shape index (κ1) is 13.7. The van der Waals surface area contributed by atoms with Crippen LogP contribution in [0.25, 0.3) is 0 Å². The van der Waals surface area contributed by atoms with E-state index < -0.39 is 16.5 Å². The van der Waals surface area contributed by atoms with Gasteiger partial charge in [-0.1, -0.05) is 12.1 Å². The Morgan fingerprint density at radius 1 is 1.20 bits per heavy atom. The van der Waals surface area contributed by atoms with Crippen LogP contribution < -0.4 is 0 Å². The van der Waals surface area contributed by atoms with Crippen LogP contribution in [-0.2, 0) is 6.42 Å². The van der Waals surface area contributed by atoms with Gasteiger partial charge in [0, 0.05) is 18.6 Å². The van der Waals surface area contributed by atoms with Gasteiger partial charge in [0.2, 0.25) is 0 Å². The number of halogens is 1. The average molecular weight is 275 g/mol. The molecule has 102 valence electrons. The van der Waals surface area contributed by atoms with E-state index in [1.54, 1.807) is 0 Å². The van der Waals surface area contributed by atoms with E-state index in [1.807, 2.05) is 0 Å². The number of benzene rings is 2. The molecule has 0 unspecified atom stereocenters. The SMILES string of the molecule is O=C(Cc1ccc([N+](=O)[O-])cc1)c1cc(F)ccc1O. The van der Waals surface area contributed by atoms with Crippen LogP contribution in [0.1, 0.15) is 15.9 Å². The number of nitrogens with zero attached hydrogens (tertiary/aromatic N) is 1. The van der Waals surface area contributed by atoms with Gasteiger partial charge in [0.05, 0.1) is 10.5 Å². The molecule has 0 aliphatic carbocycles. The fraction of sp³-hybridized carbons (Fsp3) is 0.0714. The van der Waals surface area contributed by atoms with Gasteiger partial charge in [-0.3, -0.25) is 14.9 Å². The lowest BCUT2D eigenvalue weighted by Gasteiger charge is -2.04. The van der Waals surface area contributed by atoms with Crippen molar-refractivity contribution in [3.8, 4) is 5.75 Å². The maximum Gasteiger partial charge on any atom is 0.269 e.